The normalized spacial score (nSPS) is 21.2. The maximum absolute atomic E-state index is 14.5. The quantitative estimate of drug-likeness (QED) is 0.537. The van der Waals surface area contributed by atoms with Gasteiger partial charge >= 0.3 is 0 Å². The van der Waals surface area contributed by atoms with Gasteiger partial charge in [-0.1, -0.05) is 23.2 Å². The molecule has 2 saturated heterocycles. The summed E-state index contributed by atoms with van der Waals surface area (Å²) in [6, 6.07) is 2.79. The van der Waals surface area contributed by atoms with Crippen molar-refractivity contribution in [2.45, 2.75) is 18.9 Å². The van der Waals surface area contributed by atoms with E-state index in [2.05, 4.69) is 25.9 Å². The molecule has 0 bridgehead atoms. The van der Waals surface area contributed by atoms with Gasteiger partial charge in [0.1, 0.15) is 5.82 Å². The molecule has 1 amide bonds. The fourth-order valence-electron chi connectivity index (χ4n) is 4.04. The van der Waals surface area contributed by atoms with E-state index in [0.29, 0.717) is 55.8 Å². The first-order valence-corrected chi connectivity index (χ1v) is 11.6. The average Bonchev–Trinajstić information content (AvgIpc) is 3.30. The van der Waals surface area contributed by atoms with Crippen LogP contribution in [0.5, 0.6) is 0 Å². The standard InChI is InChI=1S/C22H26Cl2FN5O3/c1-32-18-11-26-9-14(18)22(31)29-19-6-13(16(24)10-27-19)20-15(23)7-17(25)21(30-20)28-8-12-2-4-33-5-3-12/h6-7,10,12,14,18,26H,2-5,8-9,11H2,1H3,(H,28,30)(H,27,29,31). The Kier molecular flexibility index (Phi) is 7.98. The monoisotopic (exact) mass is 497 g/mol. The van der Waals surface area contributed by atoms with Gasteiger partial charge < -0.3 is 25.4 Å². The SMILES string of the molecule is COC1CNCC1C(=O)Nc1cc(-c2nc(NCC3CCOCC3)c(F)cc2Cl)c(Cl)cn1. The van der Waals surface area contributed by atoms with Crippen molar-refractivity contribution >= 4 is 40.7 Å². The molecule has 0 saturated carbocycles. The van der Waals surface area contributed by atoms with E-state index in [9.17, 15) is 9.18 Å². The van der Waals surface area contributed by atoms with Crippen LogP contribution in [0.15, 0.2) is 18.3 Å². The second kappa shape index (κ2) is 10.9. The zero-order chi connectivity index (χ0) is 23.4. The molecule has 0 aromatic carbocycles. The average molecular weight is 498 g/mol. The number of nitrogens with one attached hydrogen (secondary N) is 3. The predicted octanol–water partition coefficient (Wildman–Crippen LogP) is 3.60. The second-order valence-corrected chi connectivity index (χ2v) is 8.98. The molecule has 2 fully saturated rings. The highest BCUT2D eigenvalue weighted by Gasteiger charge is 2.33. The molecule has 4 rings (SSSR count). The molecule has 2 aliphatic heterocycles. The van der Waals surface area contributed by atoms with Crippen molar-refractivity contribution in [2.24, 2.45) is 11.8 Å². The van der Waals surface area contributed by atoms with Crippen molar-refractivity contribution in [2.75, 3.05) is 50.6 Å². The maximum Gasteiger partial charge on any atom is 0.232 e. The van der Waals surface area contributed by atoms with Crippen LogP contribution in [0.4, 0.5) is 16.0 Å². The molecule has 8 nitrogen and oxygen atoms in total. The Hall–Kier alpha value is -2.04. The lowest BCUT2D eigenvalue weighted by molar-refractivity contribution is -0.122. The first-order chi connectivity index (χ1) is 16.0. The van der Waals surface area contributed by atoms with E-state index in [1.807, 2.05) is 0 Å². The second-order valence-electron chi connectivity index (χ2n) is 8.16. The zero-order valence-electron chi connectivity index (χ0n) is 18.2. The van der Waals surface area contributed by atoms with E-state index >= 15 is 0 Å². The zero-order valence-corrected chi connectivity index (χ0v) is 19.7. The Bertz CT molecular complexity index is 1010. The minimum atomic E-state index is -0.547. The highest BCUT2D eigenvalue weighted by molar-refractivity contribution is 6.36. The first kappa shape index (κ1) is 24.1. The van der Waals surface area contributed by atoms with Gasteiger partial charge in [-0.3, -0.25) is 4.79 Å². The van der Waals surface area contributed by atoms with Gasteiger partial charge in [0.05, 0.1) is 27.8 Å². The number of amides is 1. The minimum Gasteiger partial charge on any atom is -0.381 e. The molecular weight excluding hydrogens is 472 g/mol. The Labute approximate surface area is 201 Å². The van der Waals surface area contributed by atoms with E-state index in [-0.39, 0.29) is 33.8 Å². The van der Waals surface area contributed by atoms with Gasteiger partial charge in [-0.15, -0.1) is 0 Å². The van der Waals surface area contributed by atoms with Crippen LogP contribution in [0.3, 0.4) is 0 Å². The summed E-state index contributed by atoms with van der Waals surface area (Å²) >= 11 is 12.7. The predicted molar refractivity (Wildman–Crippen MR) is 125 cm³/mol. The number of carbonyl (C=O) groups is 1. The Balaban J connectivity index is 1.54. The van der Waals surface area contributed by atoms with Crippen LogP contribution in [-0.2, 0) is 14.3 Å². The maximum atomic E-state index is 14.5. The molecule has 0 radical (unpaired) electrons. The van der Waals surface area contributed by atoms with Gasteiger partial charge in [0.15, 0.2) is 11.6 Å². The number of anilines is 2. The molecule has 4 heterocycles. The van der Waals surface area contributed by atoms with Crippen molar-refractivity contribution in [3.8, 4) is 11.3 Å². The topological polar surface area (TPSA) is 97.4 Å². The van der Waals surface area contributed by atoms with Crippen molar-refractivity contribution in [3.63, 3.8) is 0 Å². The summed E-state index contributed by atoms with van der Waals surface area (Å²) < 4.78 is 25.3. The summed E-state index contributed by atoms with van der Waals surface area (Å²) in [5, 5.41) is 9.40. The summed E-state index contributed by atoms with van der Waals surface area (Å²) in [6.45, 7) is 3.11. The molecule has 33 heavy (non-hydrogen) atoms. The fourth-order valence-corrected chi connectivity index (χ4v) is 4.48. The van der Waals surface area contributed by atoms with E-state index in [1.165, 1.54) is 12.3 Å². The number of halogens is 3. The third kappa shape index (κ3) is 5.73. The molecular formula is C22H26Cl2FN5O3. The molecule has 2 aromatic rings. The highest BCUT2D eigenvalue weighted by Crippen LogP contribution is 2.35. The molecule has 2 aliphatic rings. The Morgan fingerprint density at radius 2 is 2.06 bits per heavy atom. The molecule has 2 aromatic heterocycles. The number of rotatable bonds is 7. The van der Waals surface area contributed by atoms with E-state index in [1.54, 1.807) is 13.2 Å². The van der Waals surface area contributed by atoms with Gasteiger partial charge in [-0.25, -0.2) is 14.4 Å². The molecule has 2 atom stereocenters. The lowest BCUT2D eigenvalue weighted by Gasteiger charge is -2.22. The summed E-state index contributed by atoms with van der Waals surface area (Å²) in [7, 11) is 1.58. The molecule has 0 spiro atoms. The summed E-state index contributed by atoms with van der Waals surface area (Å²) in [5.41, 5.74) is 0.738. The lowest BCUT2D eigenvalue weighted by Crippen LogP contribution is -2.33. The van der Waals surface area contributed by atoms with Crippen molar-refractivity contribution in [3.05, 3.63) is 34.2 Å². The third-order valence-corrected chi connectivity index (χ3v) is 6.58. The van der Waals surface area contributed by atoms with Crippen molar-refractivity contribution in [1.82, 2.24) is 15.3 Å². The number of ether oxygens (including phenoxy) is 2. The van der Waals surface area contributed by atoms with Crippen LogP contribution in [0.2, 0.25) is 10.0 Å². The summed E-state index contributed by atoms with van der Waals surface area (Å²) in [6.07, 6.45) is 3.02. The van der Waals surface area contributed by atoms with Gasteiger partial charge in [-0.05, 0) is 30.9 Å². The van der Waals surface area contributed by atoms with E-state index < -0.39 is 5.82 Å². The smallest absolute Gasteiger partial charge is 0.232 e. The molecule has 3 N–H and O–H groups in total. The number of carbonyl (C=O) groups excluding carboxylic acids is 1. The minimum absolute atomic E-state index is 0.0966. The summed E-state index contributed by atoms with van der Waals surface area (Å²) in [5.74, 6) is -0.339. The van der Waals surface area contributed by atoms with Gasteiger partial charge in [0.2, 0.25) is 5.91 Å². The number of aromatic nitrogens is 2. The number of pyridine rings is 2. The molecule has 11 heteroatoms. The number of nitrogens with zero attached hydrogens (tertiary/aromatic N) is 2. The number of methoxy groups -OCH3 is 1. The van der Waals surface area contributed by atoms with Crippen LogP contribution in [0.25, 0.3) is 11.3 Å². The summed E-state index contributed by atoms with van der Waals surface area (Å²) in [4.78, 5) is 21.3. The van der Waals surface area contributed by atoms with Gasteiger partial charge in [-0.2, -0.15) is 0 Å². The van der Waals surface area contributed by atoms with Gasteiger partial charge in [0.25, 0.3) is 0 Å². The Morgan fingerprint density at radius 3 is 2.82 bits per heavy atom. The highest BCUT2D eigenvalue weighted by atomic mass is 35.5. The van der Waals surface area contributed by atoms with Crippen LogP contribution in [-0.4, -0.2) is 61.9 Å². The molecule has 2 unspecified atom stereocenters. The fraction of sp³-hybridized carbons (Fsp3) is 0.500. The van der Waals surface area contributed by atoms with Crippen LogP contribution in [0.1, 0.15) is 12.8 Å². The van der Waals surface area contributed by atoms with E-state index in [4.69, 9.17) is 32.7 Å². The molecule has 0 aliphatic carbocycles. The Morgan fingerprint density at radius 1 is 1.27 bits per heavy atom. The number of hydrogen-bond donors (Lipinski definition) is 3. The third-order valence-electron chi connectivity index (χ3n) is 5.99. The van der Waals surface area contributed by atoms with Crippen LogP contribution < -0.4 is 16.0 Å². The molecule has 178 valence electrons. The van der Waals surface area contributed by atoms with E-state index in [0.717, 1.165) is 12.8 Å². The van der Waals surface area contributed by atoms with Crippen molar-refractivity contribution in [1.29, 1.82) is 0 Å². The van der Waals surface area contributed by atoms with Crippen LogP contribution >= 0.6 is 23.2 Å². The van der Waals surface area contributed by atoms with Crippen molar-refractivity contribution < 1.29 is 18.7 Å². The lowest BCUT2D eigenvalue weighted by atomic mass is 10.0. The number of hydrogen-bond acceptors (Lipinski definition) is 7. The van der Waals surface area contributed by atoms with Gasteiger partial charge in [0, 0.05) is 51.7 Å². The first-order valence-electron chi connectivity index (χ1n) is 10.8. The van der Waals surface area contributed by atoms with Crippen LogP contribution in [0, 0.1) is 17.7 Å². The largest absolute Gasteiger partial charge is 0.381 e.